The van der Waals surface area contributed by atoms with E-state index in [1.807, 2.05) is 18.7 Å². The summed E-state index contributed by atoms with van der Waals surface area (Å²) < 4.78 is 7.57. The zero-order valence-corrected chi connectivity index (χ0v) is 10.9. The van der Waals surface area contributed by atoms with Crippen LogP contribution in [0.15, 0.2) is 18.7 Å². The summed E-state index contributed by atoms with van der Waals surface area (Å²) in [7, 11) is 4.11. The van der Waals surface area contributed by atoms with Gasteiger partial charge in [0, 0.05) is 32.0 Å². The highest BCUT2D eigenvalue weighted by molar-refractivity contribution is 4.73. The zero-order valence-electron chi connectivity index (χ0n) is 10.9. The number of ether oxygens (including phenoxy) is 1. The Bertz CT molecular complexity index is 261. The second-order valence-electron chi connectivity index (χ2n) is 4.32. The fourth-order valence-corrected chi connectivity index (χ4v) is 1.42. The molecule has 5 nitrogen and oxygen atoms in total. The number of nitrogens with zero attached hydrogens (tertiary/aromatic N) is 3. The Morgan fingerprint density at radius 2 is 2.18 bits per heavy atom. The van der Waals surface area contributed by atoms with Gasteiger partial charge in [-0.3, -0.25) is 0 Å². The van der Waals surface area contributed by atoms with Crippen LogP contribution >= 0.6 is 0 Å². The molecule has 0 aliphatic rings. The van der Waals surface area contributed by atoms with Crippen molar-refractivity contribution in [2.45, 2.75) is 13.0 Å². The first-order valence-corrected chi connectivity index (χ1v) is 6.18. The van der Waals surface area contributed by atoms with Crippen molar-refractivity contribution in [2.24, 2.45) is 0 Å². The molecule has 1 aromatic rings. The van der Waals surface area contributed by atoms with Crippen molar-refractivity contribution in [3.63, 3.8) is 0 Å². The van der Waals surface area contributed by atoms with Crippen LogP contribution in [0.4, 0.5) is 0 Å². The number of nitrogens with one attached hydrogen (secondary N) is 1. The third-order valence-electron chi connectivity index (χ3n) is 2.44. The molecule has 0 unspecified atom stereocenters. The highest BCUT2D eigenvalue weighted by Crippen LogP contribution is 1.88. The van der Waals surface area contributed by atoms with E-state index in [9.17, 15) is 0 Å². The number of likely N-dealkylation sites (N-methyl/N-ethyl adjacent to an activating group) is 1. The van der Waals surface area contributed by atoms with Crippen LogP contribution in [0.3, 0.4) is 0 Å². The first-order valence-electron chi connectivity index (χ1n) is 6.18. The van der Waals surface area contributed by atoms with Crippen LogP contribution in [-0.4, -0.2) is 61.4 Å². The molecule has 0 fully saturated rings. The second kappa shape index (κ2) is 9.15. The quantitative estimate of drug-likeness (QED) is 0.603. The molecule has 0 aliphatic heterocycles. The van der Waals surface area contributed by atoms with E-state index in [4.69, 9.17) is 4.74 Å². The molecule has 0 bridgehead atoms. The molecule has 98 valence electrons. The first kappa shape index (κ1) is 14.2. The Kier molecular flexibility index (Phi) is 7.62. The summed E-state index contributed by atoms with van der Waals surface area (Å²) in [5, 5.41) is 3.36. The van der Waals surface area contributed by atoms with Gasteiger partial charge in [0.15, 0.2) is 0 Å². The minimum absolute atomic E-state index is 0.791. The van der Waals surface area contributed by atoms with Crippen molar-refractivity contribution in [3.8, 4) is 0 Å². The Morgan fingerprint density at radius 1 is 1.29 bits per heavy atom. The fraction of sp³-hybridized carbons (Fsp3) is 0.750. The van der Waals surface area contributed by atoms with Crippen molar-refractivity contribution >= 4 is 0 Å². The van der Waals surface area contributed by atoms with Gasteiger partial charge in [-0.15, -0.1) is 0 Å². The molecule has 0 radical (unpaired) electrons. The van der Waals surface area contributed by atoms with E-state index in [0.717, 1.165) is 45.8 Å². The van der Waals surface area contributed by atoms with Crippen LogP contribution in [0.25, 0.3) is 0 Å². The molecule has 0 saturated carbocycles. The number of aryl methyl sites for hydroxylation is 1. The molecule has 5 heteroatoms. The summed E-state index contributed by atoms with van der Waals surface area (Å²) in [6, 6.07) is 0. The molecule has 17 heavy (non-hydrogen) atoms. The number of hydrogen-bond acceptors (Lipinski definition) is 4. The maximum absolute atomic E-state index is 5.48. The summed E-state index contributed by atoms with van der Waals surface area (Å²) in [5.74, 6) is 0. The summed E-state index contributed by atoms with van der Waals surface area (Å²) >= 11 is 0. The average molecular weight is 240 g/mol. The lowest BCUT2D eigenvalue weighted by Crippen LogP contribution is -2.24. The van der Waals surface area contributed by atoms with E-state index in [1.165, 1.54) is 0 Å². The van der Waals surface area contributed by atoms with E-state index in [0.29, 0.717) is 0 Å². The van der Waals surface area contributed by atoms with Gasteiger partial charge in [0.1, 0.15) is 0 Å². The van der Waals surface area contributed by atoms with E-state index in [-0.39, 0.29) is 0 Å². The third kappa shape index (κ3) is 7.90. The molecule has 1 rings (SSSR count). The molecule has 0 amide bonds. The summed E-state index contributed by atoms with van der Waals surface area (Å²) in [4.78, 5) is 6.13. The molecular weight excluding hydrogens is 216 g/mol. The average Bonchev–Trinajstić information content (AvgIpc) is 2.79. The number of imidazole rings is 1. The van der Waals surface area contributed by atoms with Crippen molar-refractivity contribution in [3.05, 3.63) is 18.7 Å². The predicted octanol–water partition coefficient (Wildman–Crippen LogP) is 0.441. The topological polar surface area (TPSA) is 42.3 Å². The summed E-state index contributed by atoms with van der Waals surface area (Å²) in [6.07, 6.45) is 6.77. The zero-order chi connectivity index (χ0) is 12.3. The highest BCUT2D eigenvalue weighted by Gasteiger charge is 1.92. The Labute approximate surface area is 104 Å². The molecule has 0 aliphatic carbocycles. The standard InChI is InChI=1S/C12H24N4O/c1-15(2)9-11-17-10-6-13-4-3-7-16-8-5-14-12-16/h5,8,12-13H,3-4,6-7,9-11H2,1-2H3. The molecule has 0 spiro atoms. The predicted molar refractivity (Wildman–Crippen MR) is 69.1 cm³/mol. The summed E-state index contributed by atoms with van der Waals surface area (Å²) in [5.41, 5.74) is 0. The monoisotopic (exact) mass is 240 g/mol. The van der Waals surface area contributed by atoms with Gasteiger partial charge in [0.05, 0.1) is 19.5 Å². The Balaban J connectivity index is 1.79. The number of aromatic nitrogens is 2. The Hall–Kier alpha value is -0.910. The minimum atomic E-state index is 0.791. The molecule has 1 heterocycles. The van der Waals surface area contributed by atoms with Gasteiger partial charge in [-0.2, -0.15) is 0 Å². The van der Waals surface area contributed by atoms with Crippen LogP contribution in [0.5, 0.6) is 0 Å². The molecule has 1 aromatic heterocycles. The SMILES string of the molecule is CN(C)CCOCCNCCCn1ccnc1. The van der Waals surface area contributed by atoms with Gasteiger partial charge in [0.2, 0.25) is 0 Å². The minimum Gasteiger partial charge on any atom is -0.379 e. The molecule has 0 atom stereocenters. The van der Waals surface area contributed by atoms with Crippen molar-refractivity contribution in [1.82, 2.24) is 19.8 Å². The van der Waals surface area contributed by atoms with Crippen molar-refractivity contribution in [2.75, 3.05) is 46.9 Å². The second-order valence-corrected chi connectivity index (χ2v) is 4.32. The lowest BCUT2D eigenvalue weighted by atomic mass is 10.4. The van der Waals surface area contributed by atoms with E-state index < -0.39 is 0 Å². The van der Waals surface area contributed by atoms with Crippen LogP contribution in [0.2, 0.25) is 0 Å². The molecule has 0 saturated heterocycles. The third-order valence-corrected chi connectivity index (χ3v) is 2.44. The highest BCUT2D eigenvalue weighted by atomic mass is 16.5. The number of hydrogen-bond donors (Lipinski definition) is 1. The maximum Gasteiger partial charge on any atom is 0.0945 e. The van der Waals surface area contributed by atoms with Crippen molar-refractivity contribution in [1.29, 1.82) is 0 Å². The smallest absolute Gasteiger partial charge is 0.0945 e. The summed E-state index contributed by atoms with van der Waals surface area (Å²) in [6.45, 7) is 5.56. The van der Waals surface area contributed by atoms with Gasteiger partial charge in [-0.05, 0) is 27.1 Å². The molecule has 1 N–H and O–H groups in total. The normalized spacial score (nSPS) is 11.2. The van der Waals surface area contributed by atoms with Crippen molar-refractivity contribution < 1.29 is 4.74 Å². The fourth-order valence-electron chi connectivity index (χ4n) is 1.42. The van der Waals surface area contributed by atoms with Gasteiger partial charge >= 0.3 is 0 Å². The molecule has 0 aromatic carbocycles. The van der Waals surface area contributed by atoms with E-state index >= 15 is 0 Å². The first-order chi connectivity index (χ1) is 8.29. The lowest BCUT2D eigenvalue weighted by Gasteiger charge is -2.10. The Morgan fingerprint density at radius 3 is 2.88 bits per heavy atom. The van der Waals surface area contributed by atoms with Crippen LogP contribution in [-0.2, 0) is 11.3 Å². The largest absolute Gasteiger partial charge is 0.379 e. The lowest BCUT2D eigenvalue weighted by molar-refractivity contribution is 0.119. The van der Waals surface area contributed by atoms with Crippen LogP contribution in [0.1, 0.15) is 6.42 Å². The van der Waals surface area contributed by atoms with E-state index in [2.05, 4.69) is 33.9 Å². The van der Waals surface area contributed by atoms with E-state index in [1.54, 1.807) is 0 Å². The van der Waals surface area contributed by atoms with Crippen LogP contribution < -0.4 is 5.32 Å². The number of rotatable bonds is 10. The van der Waals surface area contributed by atoms with Gasteiger partial charge in [-0.1, -0.05) is 0 Å². The van der Waals surface area contributed by atoms with Gasteiger partial charge in [0.25, 0.3) is 0 Å². The van der Waals surface area contributed by atoms with Gasteiger partial charge < -0.3 is 19.5 Å². The maximum atomic E-state index is 5.48. The van der Waals surface area contributed by atoms with Crippen LogP contribution in [0, 0.1) is 0 Å². The molecular formula is C12H24N4O. The van der Waals surface area contributed by atoms with Gasteiger partial charge in [-0.25, -0.2) is 4.98 Å².